The molecule has 0 N–H and O–H groups in total. The van der Waals surface area contributed by atoms with Crippen molar-refractivity contribution in [3.8, 4) is 23.0 Å². The predicted octanol–water partition coefficient (Wildman–Crippen LogP) is 11.0. The van der Waals surface area contributed by atoms with Crippen LogP contribution in [0.5, 0.6) is 23.0 Å². The highest BCUT2D eigenvalue weighted by Crippen LogP contribution is 2.30. The van der Waals surface area contributed by atoms with E-state index in [1.807, 2.05) is 61.0 Å². The Morgan fingerprint density at radius 1 is 0.519 bits per heavy atom. The summed E-state index contributed by atoms with van der Waals surface area (Å²) >= 11 is 0. The number of hydrogen-bond donors (Lipinski definition) is 0. The Kier molecular flexibility index (Phi) is 17.3. The Hall–Kier alpha value is -3.88. The summed E-state index contributed by atoms with van der Waals surface area (Å²) < 4.78 is 35.1. The molecule has 2 atom stereocenters. The van der Waals surface area contributed by atoms with Crippen molar-refractivity contribution in [2.75, 3.05) is 39.6 Å². The van der Waals surface area contributed by atoms with Crippen molar-refractivity contribution in [1.82, 2.24) is 0 Å². The fourth-order valence-electron chi connectivity index (χ4n) is 5.78. The summed E-state index contributed by atoms with van der Waals surface area (Å²) in [4.78, 5) is 9.65. The second-order valence-electron chi connectivity index (χ2n) is 13.9. The minimum Gasteiger partial charge on any atom is -0.493 e. The Morgan fingerprint density at radius 3 is 1.25 bits per heavy atom. The predicted molar refractivity (Wildman–Crippen MR) is 211 cm³/mol. The smallest absolute Gasteiger partial charge is 0.128 e. The fraction of sp³-hybridized carbons (Fsp3) is 0.545. The lowest BCUT2D eigenvalue weighted by molar-refractivity contribution is 0.263. The number of hydrogen-bond acceptors (Lipinski definition) is 8. The number of unbranched alkanes of at least 4 members (excludes halogenated alkanes) is 12. The van der Waals surface area contributed by atoms with Crippen molar-refractivity contribution in [3.05, 3.63) is 71.8 Å². The van der Waals surface area contributed by atoms with Crippen molar-refractivity contribution in [3.63, 3.8) is 0 Å². The maximum Gasteiger partial charge on any atom is 0.128 e. The molecule has 2 aliphatic rings. The minimum atomic E-state index is 0.222. The summed E-state index contributed by atoms with van der Waals surface area (Å²) in [7, 11) is 0. The lowest BCUT2D eigenvalue weighted by Gasteiger charge is -2.15. The third-order valence-electron chi connectivity index (χ3n) is 9.21. The van der Waals surface area contributed by atoms with Crippen LogP contribution >= 0.6 is 0 Å². The maximum absolute atomic E-state index is 6.47. The Morgan fingerprint density at radius 2 is 0.885 bits per heavy atom. The summed E-state index contributed by atoms with van der Waals surface area (Å²) in [6.07, 6.45) is 21.4. The highest BCUT2D eigenvalue weighted by molar-refractivity contribution is 5.92. The van der Waals surface area contributed by atoms with Crippen LogP contribution in [0, 0.1) is 0 Å². The zero-order chi connectivity index (χ0) is 36.1. The van der Waals surface area contributed by atoms with E-state index in [4.69, 9.17) is 38.4 Å². The van der Waals surface area contributed by atoms with E-state index in [2.05, 4.69) is 26.0 Å². The summed E-state index contributed by atoms with van der Waals surface area (Å²) in [6.45, 7) is 8.52. The Balaban J connectivity index is 1.30. The molecule has 8 heteroatoms. The average Bonchev–Trinajstić information content (AvgIpc) is 4.12. The van der Waals surface area contributed by atoms with E-state index in [-0.39, 0.29) is 12.2 Å². The molecule has 2 saturated heterocycles. The van der Waals surface area contributed by atoms with Gasteiger partial charge in [0, 0.05) is 23.6 Å². The van der Waals surface area contributed by atoms with Crippen LogP contribution in [0.15, 0.2) is 70.6 Å². The molecule has 0 saturated carbocycles. The van der Waals surface area contributed by atoms with Crippen LogP contribution in [0.25, 0.3) is 0 Å². The molecule has 2 fully saturated rings. The van der Waals surface area contributed by atoms with Crippen molar-refractivity contribution < 1.29 is 28.4 Å². The van der Waals surface area contributed by atoms with Gasteiger partial charge in [0.15, 0.2) is 0 Å². The molecule has 8 nitrogen and oxygen atoms in total. The SMILES string of the molecule is CCCCCCCCCOc1cc(C=Nc2ccc(OCC3CO3)cc2)c(OCCCCCCCCC)cc1C=Nc1ccc(OCC2CO2)cc1. The van der Waals surface area contributed by atoms with E-state index in [1.165, 1.54) is 64.2 Å². The normalized spacial score (nSPS) is 16.4. The molecule has 2 unspecified atom stereocenters. The lowest BCUT2D eigenvalue weighted by atomic mass is 10.1. The zero-order valence-corrected chi connectivity index (χ0v) is 31.6. The summed E-state index contributed by atoms with van der Waals surface area (Å²) in [6, 6.07) is 19.8. The third-order valence-corrected chi connectivity index (χ3v) is 9.21. The summed E-state index contributed by atoms with van der Waals surface area (Å²) in [5.41, 5.74) is 3.42. The largest absolute Gasteiger partial charge is 0.493 e. The van der Waals surface area contributed by atoms with Gasteiger partial charge in [-0.2, -0.15) is 0 Å². The Bertz CT molecular complexity index is 1370. The third kappa shape index (κ3) is 15.4. The molecule has 282 valence electrons. The van der Waals surface area contributed by atoms with Crippen LogP contribution in [0.2, 0.25) is 0 Å². The second kappa shape index (κ2) is 22.9. The van der Waals surface area contributed by atoms with E-state index >= 15 is 0 Å². The molecule has 0 spiro atoms. The number of ether oxygens (including phenoxy) is 6. The molecular weight excluding hydrogens is 652 g/mol. The van der Waals surface area contributed by atoms with E-state index in [9.17, 15) is 0 Å². The van der Waals surface area contributed by atoms with Gasteiger partial charge < -0.3 is 28.4 Å². The lowest BCUT2D eigenvalue weighted by Crippen LogP contribution is -2.05. The van der Waals surface area contributed by atoms with Crippen molar-refractivity contribution >= 4 is 23.8 Å². The zero-order valence-electron chi connectivity index (χ0n) is 31.6. The van der Waals surface area contributed by atoms with Crippen LogP contribution in [-0.2, 0) is 9.47 Å². The number of aliphatic imine (C=N–C) groups is 2. The van der Waals surface area contributed by atoms with E-state index < -0.39 is 0 Å². The molecule has 0 amide bonds. The Labute approximate surface area is 311 Å². The van der Waals surface area contributed by atoms with Crippen molar-refractivity contribution in [2.24, 2.45) is 9.98 Å². The topological polar surface area (TPSA) is 86.7 Å². The number of epoxide rings is 2. The van der Waals surface area contributed by atoms with Crippen LogP contribution in [0.3, 0.4) is 0 Å². The standard InChI is InChI=1S/C44H60N2O6/c1-3-5-7-9-11-13-15-25-47-43-27-36(30-46-38-19-23-40(24-20-38)50-32-42-34-52-42)44(48-26-16-14-12-10-8-6-4-2)28-35(43)29-45-37-17-21-39(22-18-37)49-31-41-33-51-41/h17-24,27-30,41-42H,3-16,25-26,31-34H2,1-2H3. The average molecular weight is 713 g/mol. The first-order valence-electron chi connectivity index (χ1n) is 19.9. The van der Waals surface area contributed by atoms with Gasteiger partial charge in [-0.25, -0.2) is 0 Å². The quantitative estimate of drug-likeness (QED) is 0.0423. The fourth-order valence-corrected chi connectivity index (χ4v) is 5.78. The van der Waals surface area contributed by atoms with Gasteiger partial charge in [-0.05, 0) is 73.5 Å². The minimum absolute atomic E-state index is 0.222. The molecule has 2 heterocycles. The van der Waals surface area contributed by atoms with Crippen molar-refractivity contribution in [2.45, 2.75) is 116 Å². The van der Waals surface area contributed by atoms with Crippen LogP contribution in [0.1, 0.15) is 115 Å². The molecule has 5 rings (SSSR count). The molecule has 3 aromatic rings. The summed E-state index contributed by atoms with van der Waals surface area (Å²) in [5.74, 6) is 3.17. The van der Waals surface area contributed by atoms with E-state index in [1.54, 1.807) is 0 Å². The van der Waals surface area contributed by atoms with Gasteiger partial charge in [-0.3, -0.25) is 9.98 Å². The first kappa shape index (κ1) is 39.3. The summed E-state index contributed by atoms with van der Waals surface area (Å²) in [5, 5.41) is 0. The number of nitrogens with zero attached hydrogens (tertiary/aromatic N) is 2. The van der Waals surface area contributed by atoms with Gasteiger partial charge in [-0.1, -0.05) is 90.9 Å². The second-order valence-corrected chi connectivity index (χ2v) is 13.9. The number of benzene rings is 3. The van der Waals surface area contributed by atoms with E-state index in [0.29, 0.717) is 26.4 Å². The first-order chi connectivity index (χ1) is 25.7. The number of rotatable bonds is 28. The van der Waals surface area contributed by atoms with Crippen LogP contribution in [0.4, 0.5) is 11.4 Å². The highest BCUT2D eigenvalue weighted by Gasteiger charge is 2.23. The van der Waals surface area contributed by atoms with Crippen LogP contribution in [-0.4, -0.2) is 64.3 Å². The molecule has 0 aromatic heterocycles. The van der Waals surface area contributed by atoms with Gasteiger partial charge >= 0.3 is 0 Å². The van der Waals surface area contributed by atoms with Gasteiger partial charge in [-0.15, -0.1) is 0 Å². The molecule has 3 aromatic carbocycles. The molecular formula is C44H60N2O6. The molecule has 52 heavy (non-hydrogen) atoms. The first-order valence-corrected chi connectivity index (χ1v) is 19.9. The maximum atomic E-state index is 6.47. The van der Waals surface area contributed by atoms with Gasteiger partial charge in [0.1, 0.15) is 48.4 Å². The van der Waals surface area contributed by atoms with Gasteiger partial charge in [0.25, 0.3) is 0 Å². The van der Waals surface area contributed by atoms with Gasteiger partial charge in [0.05, 0.1) is 37.8 Å². The van der Waals surface area contributed by atoms with E-state index in [0.717, 1.165) is 84.4 Å². The van der Waals surface area contributed by atoms with Crippen molar-refractivity contribution in [1.29, 1.82) is 0 Å². The molecule has 2 aliphatic heterocycles. The van der Waals surface area contributed by atoms with Gasteiger partial charge in [0.2, 0.25) is 0 Å². The molecule has 0 radical (unpaired) electrons. The van der Waals surface area contributed by atoms with Crippen LogP contribution < -0.4 is 18.9 Å². The molecule has 0 aliphatic carbocycles. The molecule has 0 bridgehead atoms. The monoisotopic (exact) mass is 712 g/mol. The highest BCUT2D eigenvalue weighted by atomic mass is 16.6.